The molecule has 6 nitrogen and oxygen atoms in total. The van der Waals surface area contributed by atoms with Gasteiger partial charge in [0.25, 0.3) is 5.91 Å². The van der Waals surface area contributed by atoms with Crippen molar-refractivity contribution in [1.29, 1.82) is 0 Å². The summed E-state index contributed by atoms with van der Waals surface area (Å²) in [5.74, 6) is -0.0542. The summed E-state index contributed by atoms with van der Waals surface area (Å²) < 4.78 is 12.7. The Morgan fingerprint density at radius 3 is 2.85 bits per heavy atom. The minimum atomic E-state index is -0.505. The molecule has 0 radical (unpaired) electrons. The first kappa shape index (κ1) is 17.1. The fourth-order valence-electron chi connectivity index (χ4n) is 3.44. The van der Waals surface area contributed by atoms with E-state index in [4.69, 9.17) is 9.47 Å². The van der Waals surface area contributed by atoms with E-state index < -0.39 is 5.97 Å². The second kappa shape index (κ2) is 7.15. The number of nitrogens with one attached hydrogen (secondary N) is 1. The van der Waals surface area contributed by atoms with E-state index in [1.54, 1.807) is 6.20 Å². The number of ether oxygens (including phenoxy) is 2. The SMILES string of the molecule is Cn1cc(C(=O)OCC(=O)N[C@@H]2CCOc3ccccc32)c2ccccc21. The van der Waals surface area contributed by atoms with Gasteiger partial charge in [-0.2, -0.15) is 0 Å². The van der Waals surface area contributed by atoms with Crippen LogP contribution < -0.4 is 10.1 Å². The van der Waals surface area contributed by atoms with Crippen LogP contribution in [0.25, 0.3) is 10.9 Å². The predicted molar refractivity (Wildman–Crippen MR) is 101 cm³/mol. The van der Waals surface area contributed by atoms with Crippen LogP contribution in [0.15, 0.2) is 54.7 Å². The molecule has 27 heavy (non-hydrogen) atoms. The summed E-state index contributed by atoms with van der Waals surface area (Å²) in [5, 5.41) is 3.73. The zero-order valence-electron chi connectivity index (χ0n) is 15.0. The average molecular weight is 364 g/mol. The lowest BCUT2D eigenvalue weighted by molar-refractivity contribution is -0.125. The molecule has 0 saturated heterocycles. The van der Waals surface area contributed by atoms with E-state index in [0.717, 1.165) is 22.2 Å². The number of hydrogen-bond donors (Lipinski definition) is 1. The molecule has 0 bridgehead atoms. The Labute approximate surface area is 156 Å². The fraction of sp³-hybridized carbons (Fsp3) is 0.238. The highest BCUT2D eigenvalue weighted by molar-refractivity contribution is 6.04. The van der Waals surface area contributed by atoms with Gasteiger partial charge in [0, 0.05) is 36.1 Å². The Morgan fingerprint density at radius 2 is 1.96 bits per heavy atom. The molecule has 1 aliphatic rings. The van der Waals surface area contributed by atoms with Gasteiger partial charge in [-0.15, -0.1) is 0 Å². The molecule has 138 valence electrons. The molecule has 1 N–H and O–H groups in total. The summed E-state index contributed by atoms with van der Waals surface area (Å²) in [6, 6.07) is 15.1. The van der Waals surface area contributed by atoms with Gasteiger partial charge < -0.3 is 19.4 Å². The largest absolute Gasteiger partial charge is 0.493 e. The molecule has 4 rings (SSSR count). The van der Waals surface area contributed by atoms with Crippen molar-refractivity contribution in [3.05, 3.63) is 65.9 Å². The zero-order chi connectivity index (χ0) is 18.8. The van der Waals surface area contributed by atoms with Gasteiger partial charge in [-0.3, -0.25) is 4.79 Å². The molecule has 1 amide bonds. The maximum atomic E-state index is 12.4. The number of hydrogen-bond acceptors (Lipinski definition) is 4. The third-order valence-electron chi connectivity index (χ3n) is 4.74. The summed E-state index contributed by atoms with van der Waals surface area (Å²) in [4.78, 5) is 24.7. The highest BCUT2D eigenvalue weighted by atomic mass is 16.5. The van der Waals surface area contributed by atoms with Crippen molar-refractivity contribution < 1.29 is 19.1 Å². The van der Waals surface area contributed by atoms with Crippen LogP contribution >= 0.6 is 0 Å². The molecule has 2 aromatic carbocycles. The molecule has 0 fully saturated rings. The molecular weight excluding hydrogens is 344 g/mol. The van der Waals surface area contributed by atoms with E-state index in [-0.39, 0.29) is 18.6 Å². The summed E-state index contributed by atoms with van der Waals surface area (Å²) in [5.41, 5.74) is 2.34. The number of esters is 1. The second-order valence-electron chi connectivity index (χ2n) is 6.54. The first-order valence-corrected chi connectivity index (χ1v) is 8.86. The van der Waals surface area contributed by atoms with E-state index in [2.05, 4.69) is 5.32 Å². The van der Waals surface area contributed by atoms with Crippen LogP contribution in [0.3, 0.4) is 0 Å². The fourth-order valence-corrected chi connectivity index (χ4v) is 3.44. The van der Waals surface area contributed by atoms with Gasteiger partial charge >= 0.3 is 5.97 Å². The van der Waals surface area contributed by atoms with Crippen LogP contribution in [-0.2, 0) is 16.6 Å². The van der Waals surface area contributed by atoms with E-state index in [1.165, 1.54) is 0 Å². The van der Waals surface area contributed by atoms with Crippen LogP contribution in [0.2, 0.25) is 0 Å². The molecule has 0 saturated carbocycles. The first-order chi connectivity index (χ1) is 13.1. The zero-order valence-corrected chi connectivity index (χ0v) is 15.0. The quantitative estimate of drug-likeness (QED) is 0.723. The molecule has 2 heterocycles. The first-order valence-electron chi connectivity index (χ1n) is 8.86. The van der Waals surface area contributed by atoms with Crippen molar-refractivity contribution in [3.63, 3.8) is 0 Å². The van der Waals surface area contributed by atoms with Crippen molar-refractivity contribution in [3.8, 4) is 5.75 Å². The minimum absolute atomic E-state index is 0.140. The Kier molecular flexibility index (Phi) is 4.54. The number of amides is 1. The third kappa shape index (κ3) is 3.38. The van der Waals surface area contributed by atoms with Crippen LogP contribution in [0.5, 0.6) is 5.75 Å². The number of carbonyl (C=O) groups excluding carboxylic acids is 2. The van der Waals surface area contributed by atoms with Gasteiger partial charge in [-0.25, -0.2) is 4.79 Å². The Hall–Kier alpha value is -3.28. The maximum Gasteiger partial charge on any atom is 0.340 e. The number of rotatable bonds is 4. The van der Waals surface area contributed by atoms with Gasteiger partial charge in [0.1, 0.15) is 5.75 Å². The number of aromatic nitrogens is 1. The molecule has 0 aliphatic carbocycles. The van der Waals surface area contributed by atoms with Crippen LogP contribution in [0.1, 0.15) is 28.4 Å². The standard InChI is InChI=1S/C21H20N2O4/c1-23-12-16(14-6-2-4-8-18(14)23)21(25)27-13-20(24)22-17-10-11-26-19-9-5-3-7-15(17)19/h2-9,12,17H,10-11,13H2,1H3,(H,22,24)/t17-/m1/s1. The highest BCUT2D eigenvalue weighted by Crippen LogP contribution is 2.31. The van der Waals surface area contributed by atoms with Crippen LogP contribution in [0, 0.1) is 0 Å². The Bertz CT molecular complexity index is 1010. The summed E-state index contributed by atoms with van der Waals surface area (Å²) >= 11 is 0. The molecule has 6 heteroatoms. The van der Waals surface area contributed by atoms with Gasteiger partial charge in [-0.05, 0) is 12.1 Å². The van der Waals surface area contributed by atoms with Gasteiger partial charge in [0.2, 0.25) is 0 Å². The number of carbonyl (C=O) groups is 2. The Balaban J connectivity index is 1.40. The third-order valence-corrected chi connectivity index (χ3v) is 4.74. The number of benzene rings is 2. The maximum absolute atomic E-state index is 12.4. The molecule has 1 atom stereocenters. The van der Waals surface area contributed by atoms with Gasteiger partial charge in [0.15, 0.2) is 6.61 Å². The number of fused-ring (bicyclic) bond motifs is 2. The van der Waals surface area contributed by atoms with Crippen LogP contribution in [-0.4, -0.2) is 29.7 Å². The van der Waals surface area contributed by atoms with Crippen molar-refractivity contribution in [1.82, 2.24) is 9.88 Å². The molecular formula is C21H20N2O4. The second-order valence-corrected chi connectivity index (χ2v) is 6.54. The number of nitrogens with zero attached hydrogens (tertiary/aromatic N) is 1. The molecule has 1 aliphatic heterocycles. The molecule has 1 aromatic heterocycles. The molecule has 0 spiro atoms. The van der Waals surface area contributed by atoms with E-state index in [1.807, 2.05) is 60.1 Å². The van der Waals surface area contributed by atoms with E-state index >= 15 is 0 Å². The highest BCUT2D eigenvalue weighted by Gasteiger charge is 2.23. The molecule has 3 aromatic rings. The number of aryl methyl sites for hydroxylation is 1. The van der Waals surface area contributed by atoms with Gasteiger partial charge in [-0.1, -0.05) is 36.4 Å². The normalized spacial score (nSPS) is 15.7. The van der Waals surface area contributed by atoms with Crippen LogP contribution in [0.4, 0.5) is 0 Å². The van der Waals surface area contributed by atoms with Crippen molar-refractivity contribution in [2.75, 3.05) is 13.2 Å². The number of para-hydroxylation sites is 2. The molecule has 0 unspecified atom stereocenters. The lowest BCUT2D eigenvalue weighted by Gasteiger charge is -2.26. The lowest BCUT2D eigenvalue weighted by Crippen LogP contribution is -2.35. The van der Waals surface area contributed by atoms with Gasteiger partial charge in [0.05, 0.1) is 18.2 Å². The lowest BCUT2D eigenvalue weighted by atomic mass is 10.0. The monoisotopic (exact) mass is 364 g/mol. The van der Waals surface area contributed by atoms with Crippen molar-refractivity contribution in [2.24, 2.45) is 7.05 Å². The van der Waals surface area contributed by atoms with E-state index in [0.29, 0.717) is 18.6 Å². The average Bonchev–Trinajstić information content (AvgIpc) is 3.04. The summed E-state index contributed by atoms with van der Waals surface area (Å²) in [6.07, 6.45) is 2.40. The van der Waals surface area contributed by atoms with E-state index in [9.17, 15) is 9.59 Å². The Morgan fingerprint density at radius 1 is 1.19 bits per heavy atom. The predicted octanol–water partition coefficient (Wildman–Crippen LogP) is 2.98. The summed E-state index contributed by atoms with van der Waals surface area (Å²) in [7, 11) is 1.87. The minimum Gasteiger partial charge on any atom is -0.493 e. The van der Waals surface area contributed by atoms with Crippen molar-refractivity contribution in [2.45, 2.75) is 12.5 Å². The smallest absolute Gasteiger partial charge is 0.340 e. The van der Waals surface area contributed by atoms with Crippen molar-refractivity contribution >= 4 is 22.8 Å². The topological polar surface area (TPSA) is 69.6 Å². The summed E-state index contributed by atoms with van der Waals surface area (Å²) in [6.45, 7) is 0.222.